The maximum absolute atomic E-state index is 12.1. The molecule has 0 aliphatic heterocycles. The van der Waals surface area contributed by atoms with E-state index in [4.69, 9.17) is 10.8 Å². The highest BCUT2D eigenvalue weighted by Gasteiger charge is 2.04. The van der Waals surface area contributed by atoms with Gasteiger partial charge in [-0.3, -0.25) is 10.8 Å². The van der Waals surface area contributed by atoms with E-state index in [1.54, 1.807) is 0 Å². The molecule has 0 spiro atoms. The Hall–Kier alpha value is -1.25. The fourth-order valence-corrected chi connectivity index (χ4v) is 0.516. The van der Waals surface area contributed by atoms with Crippen LogP contribution in [0.3, 0.4) is 0 Å². The third-order valence-electron chi connectivity index (χ3n) is 0.982. The van der Waals surface area contributed by atoms with Gasteiger partial charge in [0.1, 0.15) is 5.83 Å². The highest BCUT2D eigenvalue weighted by Crippen LogP contribution is 2.04. The van der Waals surface area contributed by atoms with Gasteiger partial charge in [0.15, 0.2) is 0 Å². The average molecular weight is 124 g/mol. The SMILES string of the molecule is N=C1C=CC(F)=CC1=N. The summed E-state index contributed by atoms with van der Waals surface area (Å²) < 4.78 is 12.1. The molecule has 0 unspecified atom stereocenters. The van der Waals surface area contributed by atoms with Crippen LogP contribution in [-0.2, 0) is 0 Å². The van der Waals surface area contributed by atoms with E-state index in [1.807, 2.05) is 0 Å². The van der Waals surface area contributed by atoms with Gasteiger partial charge in [-0.15, -0.1) is 0 Å². The molecule has 0 saturated heterocycles. The number of hydrogen-bond donors (Lipinski definition) is 2. The van der Waals surface area contributed by atoms with Crippen molar-refractivity contribution in [3.05, 3.63) is 24.1 Å². The summed E-state index contributed by atoms with van der Waals surface area (Å²) in [6.07, 6.45) is 3.44. The quantitative estimate of drug-likeness (QED) is 0.459. The Kier molecular flexibility index (Phi) is 1.26. The van der Waals surface area contributed by atoms with E-state index in [1.165, 1.54) is 12.2 Å². The van der Waals surface area contributed by atoms with Crippen molar-refractivity contribution in [1.29, 1.82) is 10.8 Å². The fraction of sp³-hybridized carbons (Fsp3) is 0. The van der Waals surface area contributed by atoms with E-state index in [0.717, 1.165) is 6.08 Å². The second kappa shape index (κ2) is 1.93. The summed E-state index contributed by atoms with van der Waals surface area (Å²) in [6.45, 7) is 0. The number of hydrogen-bond acceptors (Lipinski definition) is 2. The fourth-order valence-electron chi connectivity index (χ4n) is 0.516. The molecule has 9 heavy (non-hydrogen) atoms. The highest BCUT2D eigenvalue weighted by atomic mass is 19.1. The second-order valence-corrected chi connectivity index (χ2v) is 1.69. The summed E-state index contributed by atoms with van der Waals surface area (Å²) in [5.41, 5.74) is -0.0219. The zero-order chi connectivity index (χ0) is 6.85. The first-order valence-electron chi connectivity index (χ1n) is 2.43. The molecule has 0 saturated carbocycles. The van der Waals surface area contributed by atoms with Crippen molar-refractivity contribution in [2.45, 2.75) is 0 Å². The summed E-state index contributed by atoms with van der Waals surface area (Å²) in [6, 6.07) is 0. The first-order valence-corrected chi connectivity index (χ1v) is 2.43. The van der Waals surface area contributed by atoms with Gasteiger partial charge in [0, 0.05) is 6.08 Å². The lowest BCUT2D eigenvalue weighted by molar-refractivity contribution is 0.668. The Bertz CT molecular complexity index is 225. The third-order valence-corrected chi connectivity index (χ3v) is 0.982. The molecule has 46 valence electrons. The van der Waals surface area contributed by atoms with Gasteiger partial charge in [0.2, 0.25) is 0 Å². The first kappa shape index (κ1) is 5.88. The van der Waals surface area contributed by atoms with Gasteiger partial charge in [-0.05, 0) is 12.2 Å². The second-order valence-electron chi connectivity index (χ2n) is 1.69. The molecule has 0 fully saturated rings. The summed E-state index contributed by atoms with van der Waals surface area (Å²) in [7, 11) is 0. The van der Waals surface area contributed by atoms with Gasteiger partial charge in [-0.2, -0.15) is 0 Å². The first-order chi connectivity index (χ1) is 4.20. The molecule has 0 atom stereocenters. The molecule has 0 aromatic heterocycles. The number of rotatable bonds is 0. The van der Waals surface area contributed by atoms with Crippen LogP contribution in [0.15, 0.2) is 24.1 Å². The van der Waals surface area contributed by atoms with Crippen LogP contribution < -0.4 is 0 Å². The van der Waals surface area contributed by atoms with Crippen molar-refractivity contribution in [3.8, 4) is 0 Å². The molecule has 1 aliphatic rings. The van der Waals surface area contributed by atoms with Crippen LogP contribution >= 0.6 is 0 Å². The minimum atomic E-state index is -0.462. The largest absolute Gasteiger partial charge is 0.299 e. The van der Waals surface area contributed by atoms with E-state index in [-0.39, 0.29) is 11.4 Å². The van der Waals surface area contributed by atoms with Gasteiger partial charge in [-0.25, -0.2) is 4.39 Å². The molecule has 3 heteroatoms. The van der Waals surface area contributed by atoms with Crippen molar-refractivity contribution in [1.82, 2.24) is 0 Å². The molecule has 2 N–H and O–H groups in total. The number of halogens is 1. The summed E-state index contributed by atoms with van der Waals surface area (Å²) in [5.74, 6) is -0.462. The van der Waals surface area contributed by atoms with Crippen LogP contribution in [0.4, 0.5) is 4.39 Å². The van der Waals surface area contributed by atoms with Gasteiger partial charge < -0.3 is 0 Å². The van der Waals surface area contributed by atoms with Crippen LogP contribution in [0.25, 0.3) is 0 Å². The Balaban J connectivity index is 2.95. The molecule has 0 radical (unpaired) electrons. The Morgan fingerprint density at radius 3 is 2.22 bits per heavy atom. The molecule has 2 nitrogen and oxygen atoms in total. The Morgan fingerprint density at radius 2 is 1.78 bits per heavy atom. The van der Waals surface area contributed by atoms with E-state index < -0.39 is 5.83 Å². The van der Waals surface area contributed by atoms with E-state index in [2.05, 4.69) is 0 Å². The van der Waals surface area contributed by atoms with Crippen LogP contribution in [0.2, 0.25) is 0 Å². The van der Waals surface area contributed by atoms with Crippen molar-refractivity contribution >= 4 is 11.4 Å². The molecule has 0 aromatic rings. The molecule has 0 bridgehead atoms. The smallest absolute Gasteiger partial charge is 0.125 e. The minimum absolute atomic E-state index is 0.0522. The van der Waals surface area contributed by atoms with Gasteiger partial charge in [-0.1, -0.05) is 0 Å². The minimum Gasteiger partial charge on any atom is -0.299 e. The van der Waals surface area contributed by atoms with Crippen molar-refractivity contribution < 1.29 is 4.39 Å². The molecule has 1 rings (SSSR count). The molecule has 0 heterocycles. The lowest BCUT2D eigenvalue weighted by atomic mass is 10.1. The average Bonchev–Trinajstić information content (AvgIpc) is 1.80. The van der Waals surface area contributed by atoms with E-state index >= 15 is 0 Å². The molecule has 0 amide bonds. The van der Waals surface area contributed by atoms with Crippen molar-refractivity contribution in [2.75, 3.05) is 0 Å². The summed E-state index contributed by atoms with van der Waals surface area (Å²) in [5, 5.41) is 13.9. The van der Waals surface area contributed by atoms with Crippen molar-refractivity contribution in [2.24, 2.45) is 0 Å². The molecular formula is C6H5FN2. The maximum atomic E-state index is 12.1. The molecule has 1 aliphatic carbocycles. The van der Waals surface area contributed by atoms with Crippen molar-refractivity contribution in [3.63, 3.8) is 0 Å². The van der Waals surface area contributed by atoms with Gasteiger partial charge >= 0.3 is 0 Å². The summed E-state index contributed by atoms with van der Waals surface area (Å²) >= 11 is 0. The molecular weight excluding hydrogens is 119 g/mol. The Labute approximate surface area is 51.7 Å². The monoisotopic (exact) mass is 124 g/mol. The lowest BCUT2D eigenvalue weighted by Gasteiger charge is -1.99. The topological polar surface area (TPSA) is 47.7 Å². The lowest BCUT2D eigenvalue weighted by Crippen LogP contribution is -2.08. The van der Waals surface area contributed by atoms with Gasteiger partial charge in [0.25, 0.3) is 0 Å². The van der Waals surface area contributed by atoms with Gasteiger partial charge in [0.05, 0.1) is 11.4 Å². The van der Waals surface area contributed by atoms with E-state index in [9.17, 15) is 4.39 Å². The predicted octanol–water partition coefficient (Wildman–Crippen LogP) is 1.45. The number of nitrogens with one attached hydrogen (secondary N) is 2. The standard InChI is InChI=1S/C6H5FN2/c7-4-1-2-5(8)6(9)3-4/h1-3,8-9H. The van der Waals surface area contributed by atoms with E-state index in [0.29, 0.717) is 0 Å². The van der Waals surface area contributed by atoms with Crippen LogP contribution in [-0.4, -0.2) is 11.4 Å². The zero-order valence-corrected chi connectivity index (χ0v) is 4.61. The normalized spacial score (nSPS) is 18.1. The highest BCUT2D eigenvalue weighted by molar-refractivity contribution is 6.48. The third kappa shape index (κ3) is 1.10. The predicted molar refractivity (Wildman–Crippen MR) is 33.8 cm³/mol. The van der Waals surface area contributed by atoms with Crippen LogP contribution in [0.1, 0.15) is 0 Å². The Morgan fingerprint density at radius 1 is 1.11 bits per heavy atom. The summed E-state index contributed by atoms with van der Waals surface area (Å²) in [4.78, 5) is 0. The van der Waals surface area contributed by atoms with Crippen LogP contribution in [0, 0.1) is 10.8 Å². The number of allylic oxidation sites excluding steroid dienone is 4. The maximum Gasteiger partial charge on any atom is 0.125 e. The molecule has 0 aromatic carbocycles. The zero-order valence-electron chi connectivity index (χ0n) is 4.61. The van der Waals surface area contributed by atoms with Crippen LogP contribution in [0.5, 0.6) is 0 Å².